The molecular formula is C11H20N4O2. The standard InChI is InChI=1S/C11H20N4O2/c1-8(2)4-5-12-11(17)9(3)15-6-10(7-16)13-14-15/h6,8-9,16H,4-5,7H2,1-3H3,(H,12,17). The average molecular weight is 240 g/mol. The maximum Gasteiger partial charge on any atom is 0.244 e. The van der Waals surface area contributed by atoms with Crippen LogP contribution in [0.15, 0.2) is 6.20 Å². The van der Waals surface area contributed by atoms with Gasteiger partial charge in [0.2, 0.25) is 5.91 Å². The van der Waals surface area contributed by atoms with Gasteiger partial charge in [0.15, 0.2) is 0 Å². The Bertz CT molecular complexity index is 362. The molecule has 0 spiro atoms. The summed E-state index contributed by atoms with van der Waals surface area (Å²) in [6.07, 6.45) is 2.53. The molecule has 0 aliphatic rings. The van der Waals surface area contributed by atoms with Gasteiger partial charge < -0.3 is 10.4 Å². The molecule has 0 saturated heterocycles. The molecule has 1 heterocycles. The van der Waals surface area contributed by atoms with Crippen LogP contribution in [0.2, 0.25) is 0 Å². The van der Waals surface area contributed by atoms with Crippen molar-refractivity contribution in [3.63, 3.8) is 0 Å². The van der Waals surface area contributed by atoms with Crippen molar-refractivity contribution < 1.29 is 9.90 Å². The van der Waals surface area contributed by atoms with Crippen molar-refractivity contribution in [2.45, 2.75) is 39.8 Å². The number of carbonyl (C=O) groups excluding carboxylic acids is 1. The Labute approximate surface area is 101 Å². The fourth-order valence-electron chi connectivity index (χ4n) is 1.33. The van der Waals surface area contributed by atoms with Gasteiger partial charge in [0.25, 0.3) is 0 Å². The van der Waals surface area contributed by atoms with E-state index in [0.29, 0.717) is 18.2 Å². The maximum absolute atomic E-state index is 11.8. The van der Waals surface area contributed by atoms with Crippen molar-refractivity contribution in [2.75, 3.05) is 6.54 Å². The summed E-state index contributed by atoms with van der Waals surface area (Å²) < 4.78 is 1.45. The molecule has 1 amide bonds. The first kappa shape index (κ1) is 13.6. The predicted molar refractivity (Wildman–Crippen MR) is 63.1 cm³/mol. The van der Waals surface area contributed by atoms with Crippen LogP contribution in [0.1, 0.15) is 38.9 Å². The number of hydrogen-bond donors (Lipinski definition) is 2. The van der Waals surface area contributed by atoms with E-state index in [1.807, 2.05) is 0 Å². The fraction of sp³-hybridized carbons (Fsp3) is 0.727. The summed E-state index contributed by atoms with van der Waals surface area (Å²) in [6, 6.07) is -0.407. The number of aliphatic hydroxyl groups excluding tert-OH is 1. The van der Waals surface area contributed by atoms with Crippen LogP contribution in [0.25, 0.3) is 0 Å². The van der Waals surface area contributed by atoms with Gasteiger partial charge in [-0.2, -0.15) is 0 Å². The number of rotatable bonds is 6. The van der Waals surface area contributed by atoms with Gasteiger partial charge in [-0.1, -0.05) is 19.1 Å². The number of nitrogens with one attached hydrogen (secondary N) is 1. The maximum atomic E-state index is 11.8. The van der Waals surface area contributed by atoms with E-state index in [1.54, 1.807) is 13.1 Å². The third-order valence-corrected chi connectivity index (χ3v) is 2.52. The number of hydrogen-bond acceptors (Lipinski definition) is 4. The number of amides is 1. The molecule has 96 valence electrons. The Morgan fingerprint density at radius 3 is 2.76 bits per heavy atom. The summed E-state index contributed by atoms with van der Waals surface area (Å²) in [6.45, 7) is 6.48. The van der Waals surface area contributed by atoms with E-state index in [0.717, 1.165) is 6.42 Å². The number of nitrogens with zero attached hydrogens (tertiary/aromatic N) is 3. The van der Waals surface area contributed by atoms with Gasteiger partial charge in [0.05, 0.1) is 12.8 Å². The van der Waals surface area contributed by atoms with Crippen LogP contribution in [-0.4, -0.2) is 32.6 Å². The summed E-state index contributed by atoms with van der Waals surface area (Å²) in [5.74, 6) is 0.484. The SMILES string of the molecule is CC(C)CCNC(=O)C(C)n1cc(CO)nn1. The van der Waals surface area contributed by atoms with Crippen molar-refractivity contribution in [3.8, 4) is 0 Å². The van der Waals surface area contributed by atoms with Crippen molar-refractivity contribution >= 4 is 5.91 Å². The van der Waals surface area contributed by atoms with E-state index in [2.05, 4.69) is 29.5 Å². The van der Waals surface area contributed by atoms with Gasteiger partial charge in [0.1, 0.15) is 11.7 Å². The molecule has 1 unspecified atom stereocenters. The van der Waals surface area contributed by atoms with E-state index in [-0.39, 0.29) is 12.5 Å². The van der Waals surface area contributed by atoms with Gasteiger partial charge in [-0.15, -0.1) is 5.10 Å². The molecule has 2 N–H and O–H groups in total. The smallest absolute Gasteiger partial charge is 0.244 e. The highest BCUT2D eigenvalue weighted by Gasteiger charge is 2.16. The fourth-order valence-corrected chi connectivity index (χ4v) is 1.33. The van der Waals surface area contributed by atoms with Crippen LogP contribution in [-0.2, 0) is 11.4 Å². The number of aliphatic hydroxyl groups is 1. The third-order valence-electron chi connectivity index (χ3n) is 2.52. The van der Waals surface area contributed by atoms with Gasteiger partial charge in [0, 0.05) is 6.54 Å². The molecule has 6 heteroatoms. The van der Waals surface area contributed by atoms with Crippen LogP contribution in [0.3, 0.4) is 0 Å². The van der Waals surface area contributed by atoms with Crippen LogP contribution >= 0.6 is 0 Å². The number of carbonyl (C=O) groups is 1. The topological polar surface area (TPSA) is 80.0 Å². The molecule has 1 aromatic rings. The average Bonchev–Trinajstić information content (AvgIpc) is 2.75. The van der Waals surface area contributed by atoms with Crippen LogP contribution < -0.4 is 5.32 Å². The van der Waals surface area contributed by atoms with E-state index < -0.39 is 6.04 Å². The monoisotopic (exact) mass is 240 g/mol. The largest absolute Gasteiger partial charge is 0.390 e. The lowest BCUT2D eigenvalue weighted by molar-refractivity contribution is -0.124. The molecule has 0 radical (unpaired) electrons. The Balaban J connectivity index is 2.45. The van der Waals surface area contributed by atoms with E-state index >= 15 is 0 Å². The van der Waals surface area contributed by atoms with Crippen molar-refractivity contribution in [1.82, 2.24) is 20.3 Å². The quantitative estimate of drug-likeness (QED) is 0.758. The van der Waals surface area contributed by atoms with E-state index in [1.165, 1.54) is 4.68 Å². The van der Waals surface area contributed by atoms with E-state index in [4.69, 9.17) is 5.11 Å². The second kappa shape index (κ2) is 6.34. The third kappa shape index (κ3) is 4.14. The summed E-state index contributed by atoms with van der Waals surface area (Å²) in [5, 5.41) is 19.2. The summed E-state index contributed by atoms with van der Waals surface area (Å²) in [4.78, 5) is 11.8. The molecule has 1 atom stereocenters. The molecule has 0 fully saturated rings. The lowest BCUT2D eigenvalue weighted by Crippen LogP contribution is -2.32. The normalized spacial score (nSPS) is 12.8. The molecule has 0 aliphatic heterocycles. The van der Waals surface area contributed by atoms with Crippen molar-refractivity contribution in [2.24, 2.45) is 5.92 Å². The number of aromatic nitrogens is 3. The second-order valence-electron chi connectivity index (χ2n) is 4.50. The molecule has 17 heavy (non-hydrogen) atoms. The molecule has 1 rings (SSSR count). The van der Waals surface area contributed by atoms with Crippen molar-refractivity contribution in [1.29, 1.82) is 0 Å². The zero-order valence-electron chi connectivity index (χ0n) is 10.6. The second-order valence-corrected chi connectivity index (χ2v) is 4.50. The molecule has 1 aromatic heterocycles. The van der Waals surface area contributed by atoms with Gasteiger partial charge in [-0.05, 0) is 19.3 Å². The lowest BCUT2D eigenvalue weighted by atomic mass is 10.1. The highest BCUT2D eigenvalue weighted by molar-refractivity contribution is 5.79. The van der Waals surface area contributed by atoms with Crippen LogP contribution in [0, 0.1) is 5.92 Å². The summed E-state index contributed by atoms with van der Waals surface area (Å²) in [5.41, 5.74) is 0.465. The van der Waals surface area contributed by atoms with Crippen LogP contribution in [0.5, 0.6) is 0 Å². The van der Waals surface area contributed by atoms with Gasteiger partial charge >= 0.3 is 0 Å². The first-order chi connectivity index (χ1) is 8.04. The summed E-state index contributed by atoms with van der Waals surface area (Å²) in [7, 11) is 0. The Morgan fingerprint density at radius 1 is 1.53 bits per heavy atom. The zero-order chi connectivity index (χ0) is 12.8. The summed E-state index contributed by atoms with van der Waals surface area (Å²) >= 11 is 0. The molecule has 6 nitrogen and oxygen atoms in total. The Kier molecular flexibility index (Phi) is 5.09. The lowest BCUT2D eigenvalue weighted by Gasteiger charge is -2.12. The molecule has 0 bridgehead atoms. The molecule has 0 aromatic carbocycles. The highest BCUT2D eigenvalue weighted by Crippen LogP contribution is 2.05. The van der Waals surface area contributed by atoms with Crippen molar-refractivity contribution in [3.05, 3.63) is 11.9 Å². The first-order valence-corrected chi connectivity index (χ1v) is 5.84. The molecule has 0 aliphatic carbocycles. The van der Waals surface area contributed by atoms with Gasteiger partial charge in [-0.3, -0.25) is 4.79 Å². The Hall–Kier alpha value is -1.43. The van der Waals surface area contributed by atoms with E-state index in [9.17, 15) is 4.79 Å². The Morgan fingerprint density at radius 2 is 2.24 bits per heavy atom. The molecular weight excluding hydrogens is 220 g/mol. The van der Waals surface area contributed by atoms with Gasteiger partial charge in [-0.25, -0.2) is 4.68 Å². The first-order valence-electron chi connectivity index (χ1n) is 5.84. The molecule has 0 saturated carbocycles. The minimum atomic E-state index is -0.407. The van der Waals surface area contributed by atoms with Crippen LogP contribution in [0.4, 0.5) is 0 Å². The zero-order valence-corrected chi connectivity index (χ0v) is 10.6. The highest BCUT2D eigenvalue weighted by atomic mass is 16.3. The predicted octanol–water partition coefficient (Wildman–Crippen LogP) is 0.494. The minimum absolute atomic E-state index is 0.0833. The minimum Gasteiger partial charge on any atom is -0.390 e.